The van der Waals surface area contributed by atoms with Gasteiger partial charge < -0.3 is 30.9 Å². The fourth-order valence-corrected chi connectivity index (χ4v) is 4.57. The summed E-state index contributed by atoms with van der Waals surface area (Å²) < 4.78 is 7.90. The van der Waals surface area contributed by atoms with Gasteiger partial charge in [0, 0.05) is 58.5 Å². The number of carbonyl (C=O) groups excluding carboxylic acids is 1. The zero-order chi connectivity index (χ0) is 23.8. The van der Waals surface area contributed by atoms with E-state index in [1.54, 1.807) is 14.2 Å². The van der Waals surface area contributed by atoms with Gasteiger partial charge in [0.2, 0.25) is 5.91 Å². The molecule has 0 bridgehead atoms. The minimum atomic E-state index is -0.265. The van der Waals surface area contributed by atoms with Gasteiger partial charge in [-0.2, -0.15) is 0 Å². The van der Waals surface area contributed by atoms with Crippen molar-refractivity contribution in [2.45, 2.75) is 13.3 Å². The van der Waals surface area contributed by atoms with E-state index in [0.29, 0.717) is 28.0 Å². The van der Waals surface area contributed by atoms with Crippen molar-refractivity contribution in [3.05, 3.63) is 35.9 Å². The number of likely N-dealkylation sites (N-methyl/N-ethyl adjacent to an activating group) is 1. The second kappa shape index (κ2) is 12.0. The van der Waals surface area contributed by atoms with Crippen LogP contribution in [0.1, 0.15) is 13.3 Å². The smallest absolute Gasteiger partial charge is 0.247 e. The number of rotatable bonds is 9. The molecule has 0 unspecified atom stereocenters. The van der Waals surface area contributed by atoms with Crippen molar-refractivity contribution in [2.75, 3.05) is 75.5 Å². The molecule has 1 aromatic rings. The molecule has 180 valence electrons. The Balaban J connectivity index is 1.87. The molecule has 1 aromatic carbocycles. The summed E-state index contributed by atoms with van der Waals surface area (Å²) in [7, 11) is 3.34. The zero-order valence-corrected chi connectivity index (χ0v) is 20.6. The summed E-state index contributed by atoms with van der Waals surface area (Å²) in [4.78, 5) is 21.2. The molecule has 1 amide bonds. The molecule has 2 heterocycles. The number of nitrogens with zero attached hydrogens (tertiary/aromatic N) is 4. The third-order valence-electron chi connectivity index (χ3n) is 5.75. The Labute approximate surface area is 200 Å². The number of piperazine rings is 1. The summed E-state index contributed by atoms with van der Waals surface area (Å²) >= 11 is 1.53. The molecule has 2 fully saturated rings. The number of anilines is 3. The van der Waals surface area contributed by atoms with Gasteiger partial charge in [-0.3, -0.25) is 9.79 Å². The van der Waals surface area contributed by atoms with Crippen LogP contribution in [-0.2, 0) is 4.79 Å². The highest BCUT2D eigenvalue weighted by atomic mass is 32.2. The quantitative estimate of drug-likeness (QED) is 0.218. The second-order valence-corrected chi connectivity index (χ2v) is 9.01. The molecular formula is C23H35N7O2S. The molecule has 0 aliphatic carbocycles. The van der Waals surface area contributed by atoms with E-state index in [2.05, 4.69) is 43.2 Å². The molecule has 10 heteroatoms. The molecular weight excluding hydrogens is 438 g/mol. The second-order valence-electron chi connectivity index (χ2n) is 7.84. The van der Waals surface area contributed by atoms with Gasteiger partial charge in [-0.05, 0) is 37.1 Å². The average molecular weight is 474 g/mol. The lowest BCUT2D eigenvalue weighted by Gasteiger charge is -2.36. The molecule has 4 N–H and O–H groups in total. The molecule has 2 aliphatic heterocycles. The van der Waals surface area contributed by atoms with E-state index in [4.69, 9.17) is 10.5 Å². The Hall–Kier alpha value is -2.69. The van der Waals surface area contributed by atoms with Crippen LogP contribution in [0, 0.1) is 0 Å². The molecule has 2 saturated heterocycles. The minimum Gasteiger partial charge on any atom is -0.494 e. The van der Waals surface area contributed by atoms with Gasteiger partial charge in [-0.15, -0.1) is 0 Å². The van der Waals surface area contributed by atoms with Crippen LogP contribution in [0.25, 0.3) is 0 Å². The van der Waals surface area contributed by atoms with Crippen molar-refractivity contribution >= 4 is 40.8 Å². The monoisotopic (exact) mass is 473 g/mol. The Kier molecular flexibility index (Phi) is 9.04. The maximum Gasteiger partial charge on any atom is 0.247 e. The third kappa shape index (κ3) is 6.66. The zero-order valence-electron chi connectivity index (χ0n) is 19.8. The van der Waals surface area contributed by atoms with E-state index >= 15 is 0 Å². The Bertz CT molecular complexity index is 906. The maximum atomic E-state index is 12.2. The number of carbonyl (C=O) groups is 1. The van der Waals surface area contributed by atoms with E-state index in [0.717, 1.165) is 51.5 Å². The number of aliphatic imine (C=N–C) groups is 1. The van der Waals surface area contributed by atoms with Crippen molar-refractivity contribution in [1.29, 1.82) is 0 Å². The molecule has 3 rings (SSSR count). The van der Waals surface area contributed by atoms with Crippen LogP contribution in [0.3, 0.4) is 0 Å². The largest absolute Gasteiger partial charge is 0.494 e. The van der Waals surface area contributed by atoms with Crippen LogP contribution in [0.4, 0.5) is 17.1 Å². The van der Waals surface area contributed by atoms with E-state index < -0.39 is 0 Å². The molecule has 0 atom stereocenters. The Morgan fingerprint density at radius 1 is 1.21 bits per heavy atom. The highest BCUT2D eigenvalue weighted by Crippen LogP contribution is 2.38. The molecule has 0 spiro atoms. The van der Waals surface area contributed by atoms with Crippen molar-refractivity contribution in [3.8, 4) is 5.75 Å². The predicted octanol–water partition coefficient (Wildman–Crippen LogP) is 2.56. The normalized spacial score (nSPS) is 18.0. The van der Waals surface area contributed by atoms with Crippen LogP contribution in [-0.4, -0.2) is 80.9 Å². The lowest BCUT2D eigenvalue weighted by atomic mass is 10.1. The van der Waals surface area contributed by atoms with Crippen molar-refractivity contribution in [3.63, 3.8) is 0 Å². The number of amidine groups is 1. The van der Waals surface area contributed by atoms with Gasteiger partial charge in [0.25, 0.3) is 0 Å². The third-order valence-corrected chi connectivity index (χ3v) is 6.71. The van der Waals surface area contributed by atoms with Gasteiger partial charge in [0.1, 0.15) is 11.6 Å². The number of ether oxygens (including phenoxy) is 1. The summed E-state index contributed by atoms with van der Waals surface area (Å²) in [6, 6.07) is 3.83. The first-order valence-electron chi connectivity index (χ1n) is 11.2. The average Bonchev–Trinajstić information content (AvgIpc) is 2.81. The van der Waals surface area contributed by atoms with Crippen LogP contribution in [0.2, 0.25) is 0 Å². The number of hydrogen-bond donors (Lipinski definition) is 3. The lowest BCUT2D eigenvalue weighted by Crippen LogP contribution is -2.46. The fraction of sp³-hybridized carbons (Fsp3) is 0.478. The van der Waals surface area contributed by atoms with Gasteiger partial charge in [0.15, 0.2) is 0 Å². The molecule has 2 aliphatic rings. The van der Waals surface area contributed by atoms with Gasteiger partial charge in [-0.25, -0.2) is 4.31 Å². The summed E-state index contributed by atoms with van der Waals surface area (Å²) in [6.45, 7) is 12.6. The summed E-state index contributed by atoms with van der Waals surface area (Å²) in [6.07, 6.45) is 4.28. The fourth-order valence-electron chi connectivity index (χ4n) is 3.67. The predicted molar refractivity (Wildman–Crippen MR) is 139 cm³/mol. The molecule has 0 radical (unpaired) electrons. The molecule has 9 nitrogen and oxygen atoms in total. The number of methoxy groups -OCH3 is 1. The van der Waals surface area contributed by atoms with Crippen LogP contribution >= 0.6 is 11.9 Å². The Morgan fingerprint density at radius 3 is 2.48 bits per heavy atom. The molecule has 0 aromatic heterocycles. The molecule has 33 heavy (non-hydrogen) atoms. The molecule has 0 saturated carbocycles. The number of nitrogens with two attached hydrogens (primary N) is 1. The Morgan fingerprint density at radius 2 is 1.94 bits per heavy atom. The first-order valence-corrected chi connectivity index (χ1v) is 12.0. The highest BCUT2D eigenvalue weighted by Gasteiger charge is 2.22. The van der Waals surface area contributed by atoms with E-state index in [-0.39, 0.29) is 5.91 Å². The SMILES string of the molecule is C=CC(=O)Nc1cc(NC(/C=C(\N)SN2CCC2)=N/C)c(OC)cc1N1CCN(CC)CC1. The van der Waals surface area contributed by atoms with Crippen LogP contribution in [0.15, 0.2) is 40.9 Å². The lowest BCUT2D eigenvalue weighted by molar-refractivity contribution is -0.111. The van der Waals surface area contributed by atoms with Gasteiger partial charge in [-0.1, -0.05) is 13.5 Å². The van der Waals surface area contributed by atoms with Gasteiger partial charge >= 0.3 is 0 Å². The highest BCUT2D eigenvalue weighted by molar-refractivity contribution is 8.00. The maximum absolute atomic E-state index is 12.2. The summed E-state index contributed by atoms with van der Waals surface area (Å²) in [5, 5.41) is 6.91. The van der Waals surface area contributed by atoms with Crippen LogP contribution in [0.5, 0.6) is 5.75 Å². The standard InChI is InChI=1S/C23H35N7O2S/c1-5-23(31)27-17-14-18(26-22(25-3)16-21(24)33-30-8-7-9-30)20(32-4)15-19(17)29-12-10-28(6-2)11-13-29/h5,14-16H,1,6-13,24H2,2-4H3,(H,25,26)(H,27,31)/b21-16+. The van der Waals surface area contributed by atoms with Gasteiger partial charge in [0.05, 0.1) is 29.2 Å². The number of amides is 1. The summed E-state index contributed by atoms with van der Waals surface area (Å²) in [5.74, 6) is 0.992. The van der Waals surface area contributed by atoms with Crippen molar-refractivity contribution < 1.29 is 9.53 Å². The number of benzene rings is 1. The first kappa shape index (κ1) is 24.9. The first-order chi connectivity index (χ1) is 16.0. The topological polar surface area (TPSA) is 98.5 Å². The van der Waals surface area contributed by atoms with Crippen molar-refractivity contribution in [2.24, 2.45) is 10.7 Å². The van der Waals surface area contributed by atoms with Crippen molar-refractivity contribution in [1.82, 2.24) is 9.21 Å². The minimum absolute atomic E-state index is 0.265. The van der Waals surface area contributed by atoms with E-state index in [1.807, 2.05) is 18.2 Å². The van der Waals surface area contributed by atoms with E-state index in [9.17, 15) is 4.79 Å². The van der Waals surface area contributed by atoms with E-state index in [1.165, 1.54) is 24.4 Å². The number of hydrogen-bond acceptors (Lipinski definition) is 8. The van der Waals surface area contributed by atoms with Crippen LogP contribution < -0.4 is 26.0 Å². The number of nitrogens with one attached hydrogen (secondary N) is 2. The summed E-state index contributed by atoms with van der Waals surface area (Å²) in [5.41, 5.74) is 8.49.